The largest absolute Gasteiger partial charge is 0.379 e. The monoisotopic (exact) mass is 406 g/mol. The number of rotatable bonds is 10. The molecule has 1 unspecified atom stereocenters. The molecule has 3 rings (SSSR count). The molecule has 1 saturated heterocycles. The van der Waals surface area contributed by atoms with E-state index in [9.17, 15) is 4.39 Å². The molecule has 1 atom stereocenters. The molecule has 0 radical (unpaired) electrons. The van der Waals surface area contributed by atoms with Gasteiger partial charge in [0, 0.05) is 39.8 Å². The standard InChI is InChI=1S/C22H35FN4O2/c1-3-24-22(26(2)10-13-29-17-18-4-5-18)25-16-21(27-11-14-28-15-12-27)19-6-8-20(23)9-7-19/h6-9,18,21H,3-5,10-17H2,1-2H3,(H,24,25). The molecule has 29 heavy (non-hydrogen) atoms. The lowest BCUT2D eigenvalue weighted by molar-refractivity contribution is 0.0179. The van der Waals surface area contributed by atoms with Crippen LogP contribution in [0.5, 0.6) is 0 Å². The molecule has 1 aliphatic heterocycles. The van der Waals surface area contributed by atoms with Crippen molar-refractivity contribution < 1.29 is 13.9 Å². The number of morpholine rings is 1. The third-order valence-corrected chi connectivity index (χ3v) is 5.47. The molecule has 7 heteroatoms. The maximum atomic E-state index is 13.4. The number of nitrogens with one attached hydrogen (secondary N) is 1. The minimum Gasteiger partial charge on any atom is -0.379 e. The maximum absolute atomic E-state index is 13.4. The molecule has 0 bridgehead atoms. The maximum Gasteiger partial charge on any atom is 0.193 e. The smallest absolute Gasteiger partial charge is 0.193 e. The molecule has 1 aliphatic carbocycles. The molecule has 6 nitrogen and oxygen atoms in total. The highest BCUT2D eigenvalue weighted by Crippen LogP contribution is 2.28. The van der Waals surface area contributed by atoms with Crippen LogP contribution in [0.2, 0.25) is 0 Å². The van der Waals surface area contributed by atoms with Crippen molar-refractivity contribution in [1.82, 2.24) is 15.1 Å². The highest BCUT2D eigenvalue weighted by atomic mass is 19.1. The van der Waals surface area contributed by atoms with Gasteiger partial charge in [0.05, 0.1) is 32.4 Å². The predicted octanol–water partition coefficient (Wildman–Crippen LogP) is 2.52. The Morgan fingerprint density at radius 3 is 2.69 bits per heavy atom. The van der Waals surface area contributed by atoms with E-state index in [0.29, 0.717) is 13.2 Å². The Kier molecular flexibility index (Phi) is 8.70. The summed E-state index contributed by atoms with van der Waals surface area (Å²) in [6, 6.07) is 6.90. The van der Waals surface area contributed by atoms with Crippen LogP contribution in [0.15, 0.2) is 29.3 Å². The number of benzene rings is 1. The van der Waals surface area contributed by atoms with Crippen LogP contribution in [0.1, 0.15) is 31.4 Å². The number of aliphatic imine (C=N–C) groups is 1. The first-order chi connectivity index (χ1) is 14.2. The summed E-state index contributed by atoms with van der Waals surface area (Å²) in [7, 11) is 2.05. The van der Waals surface area contributed by atoms with Crippen molar-refractivity contribution in [2.75, 3.05) is 66.2 Å². The van der Waals surface area contributed by atoms with Gasteiger partial charge in [0.25, 0.3) is 0 Å². The zero-order valence-corrected chi connectivity index (χ0v) is 17.8. The topological polar surface area (TPSA) is 49.3 Å². The van der Waals surface area contributed by atoms with Gasteiger partial charge in [-0.2, -0.15) is 0 Å². The number of hydrogen-bond acceptors (Lipinski definition) is 4. The van der Waals surface area contributed by atoms with Gasteiger partial charge in [0.15, 0.2) is 5.96 Å². The Balaban J connectivity index is 1.63. The molecule has 1 saturated carbocycles. The van der Waals surface area contributed by atoms with Gasteiger partial charge in [0.2, 0.25) is 0 Å². The van der Waals surface area contributed by atoms with Gasteiger partial charge in [0.1, 0.15) is 5.82 Å². The van der Waals surface area contributed by atoms with Gasteiger partial charge >= 0.3 is 0 Å². The summed E-state index contributed by atoms with van der Waals surface area (Å²) in [6.07, 6.45) is 2.62. The van der Waals surface area contributed by atoms with E-state index in [4.69, 9.17) is 14.5 Å². The van der Waals surface area contributed by atoms with Crippen LogP contribution in [0.3, 0.4) is 0 Å². The number of likely N-dealkylation sites (N-methyl/N-ethyl adjacent to an activating group) is 1. The van der Waals surface area contributed by atoms with Crippen molar-refractivity contribution in [3.63, 3.8) is 0 Å². The summed E-state index contributed by atoms with van der Waals surface area (Å²) in [4.78, 5) is 9.41. The molecule has 1 aromatic rings. The number of ether oxygens (including phenoxy) is 2. The molecule has 162 valence electrons. The van der Waals surface area contributed by atoms with E-state index in [1.165, 1.54) is 25.0 Å². The fraction of sp³-hybridized carbons (Fsp3) is 0.682. The second kappa shape index (κ2) is 11.5. The third kappa shape index (κ3) is 7.24. The van der Waals surface area contributed by atoms with Crippen molar-refractivity contribution in [3.8, 4) is 0 Å². The highest BCUT2D eigenvalue weighted by molar-refractivity contribution is 5.79. The Morgan fingerprint density at radius 2 is 2.03 bits per heavy atom. The van der Waals surface area contributed by atoms with Crippen molar-refractivity contribution in [2.45, 2.75) is 25.8 Å². The molecule has 0 aromatic heterocycles. The van der Waals surface area contributed by atoms with Crippen molar-refractivity contribution in [1.29, 1.82) is 0 Å². The second-order valence-corrected chi connectivity index (χ2v) is 7.85. The lowest BCUT2D eigenvalue weighted by atomic mass is 10.0. The SMILES string of the molecule is CCNC(=NCC(c1ccc(F)cc1)N1CCOCC1)N(C)CCOCC1CC1. The second-order valence-electron chi connectivity index (χ2n) is 7.85. The molecular weight excluding hydrogens is 371 g/mol. The Labute approximate surface area is 174 Å². The number of nitrogens with zero attached hydrogens (tertiary/aromatic N) is 3. The van der Waals surface area contributed by atoms with E-state index in [1.807, 2.05) is 19.2 Å². The average Bonchev–Trinajstić information content (AvgIpc) is 3.57. The summed E-state index contributed by atoms with van der Waals surface area (Å²) >= 11 is 0. The predicted molar refractivity (Wildman–Crippen MR) is 114 cm³/mol. The highest BCUT2D eigenvalue weighted by Gasteiger charge is 2.23. The number of hydrogen-bond donors (Lipinski definition) is 1. The Bertz CT molecular complexity index is 630. The minimum atomic E-state index is -0.211. The quantitative estimate of drug-likeness (QED) is 0.368. The Hall–Kier alpha value is -1.70. The van der Waals surface area contributed by atoms with E-state index >= 15 is 0 Å². The van der Waals surface area contributed by atoms with Crippen molar-refractivity contribution in [3.05, 3.63) is 35.6 Å². The molecule has 1 heterocycles. The van der Waals surface area contributed by atoms with Crippen LogP contribution < -0.4 is 5.32 Å². The molecule has 1 N–H and O–H groups in total. The lowest BCUT2D eigenvalue weighted by Gasteiger charge is -2.34. The van der Waals surface area contributed by atoms with Gasteiger partial charge < -0.3 is 19.7 Å². The minimum absolute atomic E-state index is 0.104. The van der Waals surface area contributed by atoms with Crippen LogP contribution in [0.25, 0.3) is 0 Å². The fourth-order valence-corrected chi connectivity index (χ4v) is 3.49. The molecule has 2 fully saturated rings. The van der Waals surface area contributed by atoms with Gasteiger partial charge in [-0.3, -0.25) is 9.89 Å². The van der Waals surface area contributed by atoms with Gasteiger partial charge in [-0.05, 0) is 43.4 Å². The van der Waals surface area contributed by atoms with E-state index in [2.05, 4.69) is 22.0 Å². The van der Waals surface area contributed by atoms with Crippen LogP contribution in [0, 0.1) is 11.7 Å². The van der Waals surface area contributed by atoms with E-state index in [1.54, 1.807) is 0 Å². The first-order valence-corrected chi connectivity index (χ1v) is 10.8. The fourth-order valence-electron chi connectivity index (χ4n) is 3.49. The van der Waals surface area contributed by atoms with Crippen LogP contribution in [-0.2, 0) is 9.47 Å². The van der Waals surface area contributed by atoms with Crippen LogP contribution >= 0.6 is 0 Å². The first-order valence-electron chi connectivity index (χ1n) is 10.8. The van der Waals surface area contributed by atoms with Gasteiger partial charge in [-0.25, -0.2) is 4.39 Å². The van der Waals surface area contributed by atoms with Crippen molar-refractivity contribution >= 4 is 5.96 Å². The van der Waals surface area contributed by atoms with Gasteiger partial charge in [-0.15, -0.1) is 0 Å². The number of halogens is 1. The summed E-state index contributed by atoms with van der Waals surface area (Å²) in [5, 5.41) is 3.38. The number of guanidine groups is 1. The van der Waals surface area contributed by atoms with Crippen LogP contribution in [-0.4, -0.2) is 82.0 Å². The summed E-state index contributed by atoms with van der Waals surface area (Å²) in [6.45, 7) is 9.06. The normalized spacial score (nSPS) is 19.2. The third-order valence-electron chi connectivity index (χ3n) is 5.47. The molecule has 2 aliphatic rings. The van der Waals surface area contributed by atoms with E-state index in [-0.39, 0.29) is 11.9 Å². The zero-order valence-electron chi connectivity index (χ0n) is 17.8. The van der Waals surface area contributed by atoms with E-state index < -0.39 is 0 Å². The molecular formula is C22H35FN4O2. The molecule has 0 amide bonds. The molecule has 0 spiro atoms. The zero-order chi connectivity index (χ0) is 20.5. The Morgan fingerprint density at radius 1 is 1.31 bits per heavy atom. The first kappa shape index (κ1) is 22.0. The van der Waals surface area contributed by atoms with E-state index in [0.717, 1.165) is 63.4 Å². The summed E-state index contributed by atoms with van der Waals surface area (Å²) < 4.78 is 24.7. The average molecular weight is 407 g/mol. The van der Waals surface area contributed by atoms with Crippen LogP contribution in [0.4, 0.5) is 4.39 Å². The van der Waals surface area contributed by atoms with Crippen molar-refractivity contribution in [2.24, 2.45) is 10.9 Å². The lowest BCUT2D eigenvalue weighted by Crippen LogP contribution is -2.43. The summed E-state index contributed by atoms with van der Waals surface area (Å²) in [5.74, 6) is 1.45. The van der Waals surface area contributed by atoms with Gasteiger partial charge in [-0.1, -0.05) is 12.1 Å². The summed E-state index contributed by atoms with van der Waals surface area (Å²) in [5.41, 5.74) is 1.09. The molecule has 1 aromatic carbocycles.